The summed E-state index contributed by atoms with van der Waals surface area (Å²) in [5.74, 6) is -0.377. The van der Waals surface area contributed by atoms with Crippen LogP contribution in [0.2, 0.25) is 0 Å². The number of hydrogen-bond acceptors (Lipinski definition) is 5. The van der Waals surface area contributed by atoms with E-state index in [9.17, 15) is 9.59 Å². The number of H-pyrrole nitrogens is 1. The van der Waals surface area contributed by atoms with Crippen molar-refractivity contribution in [1.82, 2.24) is 25.9 Å². The number of tetrazole rings is 1. The average molecular weight is 322 g/mol. The molecule has 2 aromatic carbocycles. The van der Waals surface area contributed by atoms with Gasteiger partial charge in [-0.25, -0.2) is 0 Å². The highest BCUT2D eigenvalue weighted by Gasteiger charge is 2.09. The number of nitrogens with two attached hydrogens (primary N) is 1. The zero-order valence-corrected chi connectivity index (χ0v) is 12.6. The number of aromatic amines is 1. The van der Waals surface area contributed by atoms with Crippen molar-refractivity contribution in [2.24, 2.45) is 5.73 Å². The molecule has 3 aromatic rings. The number of carbonyl (C=O) groups is 2. The molecule has 1 heterocycles. The van der Waals surface area contributed by atoms with Gasteiger partial charge >= 0.3 is 0 Å². The maximum absolute atomic E-state index is 12.2. The molecule has 0 aliphatic heterocycles. The van der Waals surface area contributed by atoms with Crippen LogP contribution >= 0.6 is 0 Å². The molecule has 0 radical (unpaired) electrons. The van der Waals surface area contributed by atoms with E-state index in [1.54, 1.807) is 18.2 Å². The zero-order valence-electron chi connectivity index (χ0n) is 12.6. The van der Waals surface area contributed by atoms with Crippen molar-refractivity contribution < 1.29 is 9.59 Å². The molecular formula is C16H14N6O2. The monoisotopic (exact) mass is 322 g/mol. The summed E-state index contributed by atoms with van der Waals surface area (Å²) in [6.45, 7) is 0.325. The van der Waals surface area contributed by atoms with Crippen LogP contribution in [-0.2, 0) is 6.54 Å². The predicted octanol–water partition coefficient (Wildman–Crippen LogP) is 0.896. The molecule has 0 atom stereocenters. The fraction of sp³-hybridized carbons (Fsp3) is 0.0625. The Balaban J connectivity index is 1.69. The topological polar surface area (TPSA) is 127 Å². The second kappa shape index (κ2) is 6.69. The lowest BCUT2D eigenvalue weighted by atomic mass is 10.1. The number of primary amides is 1. The van der Waals surface area contributed by atoms with Gasteiger partial charge in [-0.15, -0.1) is 10.2 Å². The molecule has 0 unspecified atom stereocenters. The number of nitrogens with one attached hydrogen (secondary N) is 2. The van der Waals surface area contributed by atoms with Crippen molar-refractivity contribution >= 4 is 11.8 Å². The molecule has 1 aromatic heterocycles. The van der Waals surface area contributed by atoms with Crippen LogP contribution in [0.4, 0.5) is 0 Å². The normalized spacial score (nSPS) is 10.3. The van der Waals surface area contributed by atoms with Gasteiger partial charge in [0, 0.05) is 23.2 Å². The van der Waals surface area contributed by atoms with Crippen molar-refractivity contribution in [1.29, 1.82) is 0 Å². The molecule has 0 fully saturated rings. The van der Waals surface area contributed by atoms with Crippen LogP contribution in [0.25, 0.3) is 11.4 Å². The van der Waals surface area contributed by atoms with E-state index < -0.39 is 5.91 Å². The number of carbonyl (C=O) groups excluding carboxylic acids is 2. The lowest BCUT2D eigenvalue weighted by molar-refractivity contribution is 0.0951. The highest BCUT2D eigenvalue weighted by molar-refractivity contribution is 5.99. The van der Waals surface area contributed by atoms with Gasteiger partial charge in [0.1, 0.15) is 0 Å². The number of hydrogen-bond donors (Lipinski definition) is 3. The van der Waals surface area contributed by atoms with E-state index in [-0.39, 0.29) is 5.91 Å². The van der Waals surface area contributed by atoms with Crippen LogP contribution in [0.3, 0.4) is 0 Å². The highest BCUT2D eigenvalue weighted by Crippen LogP contribution is 2.15. The van der Waals surface area contributed by atoms with Crippen LogP contribution in [0.5, 0.6) is 0 Å². The molecule has 0 saturated carbocycles. The number of rotatable bonds is 5. The third-order valence-electron chi connectivity index (χ3n) is 3.39. The molecule has 8 nitrogen and oxygen atoms in total. The predicted molar refractivity (Wildman–Crippen MR) is 85.7 cm³/mol. The Bertz CT molecular complexity index is 876. The van der Waals surface area contributed by atoms with E-state index in [0.717, 1.165) is 11.1 Å². The van der Waals surface area contributed by atoms with E-state index in [1.807, 2.05) is 24.3 Å². The summed E-state index contributed by atoms with van der Waals surface area (Å²) in [7, 11) is 0. The van der Waals surface area contributed by atoms with Gasteiger partial charge in [-0.2, -0.15) is 5.21 Å². The molecule has 0 spiro atoms. The van der Waals surface area contributed by atoms with Crippen LogP contribution < -0.4 is 11.1 Å². The molecule has 4 N–H and O–H groups in total. The molecule has 0 aliphatic rings. The average Bonchev–Trinajstić information content (AvgIpc) is 3.15. The van der Waals surface area contributed by atoms with Gasteiger partial charge in [0.05, 0.1) is 0 Å². The summed E-state index contributed by atoms with van der Waals surface area (Å²) in [5, 5.41) is 16.6. The fourth-order valence-electron chi connectivity index (χ4n) is 2.20. The van der Waals surface area contributed by atoms with Crippen LogP contribution in [0, 0.1) is 0 Å². The Morgan fingerprint density at radius 1 is 1.08 bits per heavy atom. The fourth-order valence-corrected chi connectivity index (χ4v) is 2.20. The first-order valence-corrected chi connectivity index (χ1v) is 7.14. The first kappa shape index (κ1) is 15.3. The Labute approximate surface area is 137 Å². The van der Waals surface area contributed by atoms with Crippen molar-refractivity contribution in [3.8, 4) is 11.4 Å². The van der Waals surface area contributed by atoms with Crippen molar-refractivity contribution in [2.75, 3.05) is 0 Å². The van der Waals surface area contributed by atoms with Gasteiger partial charge in [-0.05, 0) is 35.0 Å². The van der Waals surface area contributed by atoms with Gasteiger partial charge in [-0.1, -0.05) is 24.3 Å². The minimum atomic E-state index is -0.572. The number of aromatic nitrogens is 4. The quantitative estimate of drug-likeness (QED) is 0.643. The summed E-state index contributed by atoms with van der Waals surface area (Å²) in [6, 6.07) is 13.7. The van der Waals surface area contributed by atoms with Crippen molar-refractivity contribution in [2.45, 2.75) is 6.54 Å². The van der Waals surface area contributed by atoms with Gasteiger partial charge in [0.15, 0.2) is 0 Å². The third kappa shape index (κ3) is 3.43. The van der Waals surface area contributed by atoms with E-state index in [1.165, 1.54) is 6.07 Å². The van der Waals surface area contributed by atoms with E-state index >= 15 is 0 Å². The molecule has 0 bridgehead atoms. The molecular weight excluding hydrogens is 308 g/mol. The summed E-state index contributed by atoms with van der Waals surface area (Å²) >= 11 is 0. The summed E-state index contributed by atoms with van der Waals surface area (Å²) in [6.07, 6.45) is 0. The Hall–Kier alpha value is -3.55. The minimum absolute atomic E-state index is 0.289. The lowest BCUT2D eigenvalue weighted by Gasteiger charge is -2.07. The first-order valence-electron chi connectivity index (χ1n) is 7.14. The van der Waals surface area contributed by atoms with Crippen LogP contribution in [-0.4, -0.2) is 32.4 Å². The molecule has 0 aliphatic carbocycles. The molecule has 0 saturated heterocycles. The molecule has 120 valence electrons. The van der Waals surface area contributed by atoms with Gasteiger partial charge in [0.25, 0.3) is 5.91 Å². The Morgan fingerprint density at radius 2 is 1.88 bits per heavy atom. The van der Waals surface area contributed by atoms with Crippen molar-refractivity contribution in [3.63, 3.8) is 0 Å². The van der Waals surface area contributed by atoms with Gasteiger partial charge < -0.3 is 11.1 Å². The Morgan fingerprint density at radius 3 is 2.62 bits per heavy atom. The van der Waals surface area contributed by atoms with Crippen LogP contribution in [0.1, 0.15) is 26.3 Å². The number of nitrogens with zero attached hydrogens (tertiary/aromatic N) is 3. The van der Waals surface area contributed by atoms with E-state index in [2.05, 4.69) is 25.9 Å². The van der Waals surface area contributed by atoms with Gasteiger partial charge in [-0.3, -0.25) is 9.59 Å². The zero-order chi connectivity index (χ0) is 16.9. The molecule has 24 heavy (non-hydrogen) atoms. The number of benzene rings is 2. The smallest absolute Gasteiger partial charge is 0.251 e. The van der Waals surface area contributed by atoms with Crippen molar-refractivity contribution in [3.05, 3.63) is 65.2 Å². The largest absolute Gasteiger partial charge is 0.366 e. The minimum Gasteiger partial charge on any atom is -0.366 e. The molecule has 3 rings (SSSR count). The maximum Gasteiger partial charge on any atom is 0.251 e. The first-order chi connectivity index (χ1) is 11.6. The molecule has 2 amide bonds. The SMILES string of the molecule is NC(=O)c1cccc(C(=O)NCc2cccc(-c3nn[nH]n3)c2)c1. The van der Waals surface area contributed by atoms with E-state index in [0.29, 0.717) is 23.5 Å². The van der Waals surface area contributed by atoms with Crippen LogP contribution in [0.15, 0.2) is 48.5 Å². The summed E-state index contributed by atoms with van der Waals surface area (Å²) in [5.41, 5.74) is 7.57. The second-order valence-electron chi connectivity index (χ2n) is 5.06. The molecule has 8 heteroatoms. The Kier molecular flexibility index (Phi) is 4.28. The lowest BCUT2D eigenvalue weighted by Crippen LogP contribution is -2.23. The standard InChI is InChI=1S/C16H14N6O2/c17-14(23)11-4-2-6-13(8-11)16(24)18-9-10-3-1-5-12(7-10)15-19-21-22-20-15/h1-8H,9H2,(H2,17,23)(H,18,24)(H,19,20,21,22). The van der Waals surface area contributed by atoms with Gasteiger partial charge in [0.2, 0.25) is 11.7 Å². The summed E-state index contributed by atoms with van der Waals surface area (Å²) in [4.78, 5) is 23.4. The highest BCUT2D eigenvalue weighted by atomic mass is 16.2. The summed E-state index contributed by atoms with van der Waals surface area (Å²) < 4.78 is 0. The second-order valence-corrected chi connectivity index (χ2v) is 5.06. The van der Waals surface area contributed by atoms with E-state index in [4.69, 9.17) is 5.73 Å². The number of amides is 2. The maximum atomic E-state index is 12.2. The third-order valence-corrected chi connectivity index (χ3v) is 3.39.